The molecule has 5 nitrogen and oxygen atoms in total. The smallest absolute Gasteiger partial charge is 0.258 e. The van der Waals surface area contributed by atoms with Crippen molar-refractivity contribution in [3.05, 3.63) is 54.6 Å². The topological polar surface area (TPSA) is 71.5 Å². The third kappa shape index (κ3) is 1.61. The molecule has 0 atom stereocenters. The highest BCUT2D eigenvalue weighted by molar-refractivity contribution is 7.92. The van der Waals surface area contributed by atoms with E-state index in [0.717, 1.165) is 10.5 Å². The molecule has 6 heteroatoms. The summed E-state index contributed by atoms with van der Waals surface area (Å²) in [4.78, 5) is 25.0. The van der Waals surface area contributed by atoms with E-state index >= 15 is 0 Å². The zero-order chi connectivity index (χ0) is 15.5. The van der Waals surface area contributed by atoms with Crippen LogP contribution in [0.3, 0.4) is 0 Å². The summed E-state index contributed by atoms with van der Waals surface area (Å²) >= 11 is 0. The number of benzene rings is 2. The first-order valence-corrected chi connectivity index (χ1v) is 8.02. The Kier molecular flexibility index (Phi) is 2.44. The van der Waals surface area contributed by atoms with Crippen LogP contribution in [0.15, 0.2) is 64.4 Å². The van der Waals surface area contributed by atoms with Crippen LogP contribution in [0.4, 0.5) is 5.69 Å². The lowest BCUT2D eigenvalue weighted by atomic mass is 10.0. The molecule has 0 aromatic heterocycles. The number of sulfone groups is 1. The summed E-state index contributed by atoms with van der Waals surface area (Å²) in [6, 6.07) is 11.6. The summed E-state index contributed by atoms with van der Waals surface area (Å²) in [5.41, 5.74) is 1.81. The molecule has 0 N–H and O–H groups in total. The van der Waals surface area contributed by atoms with Gasteiger partial charge in [-0.3, -0.25) is 9.59 Å². The highest BCUT2D eigenvalue weighted by atomic mass is 32.2. The molecule has 22 heavy (non-hydrogen) atoms. The third-order valence-corrected chi connectivity index (χ3v) is 5.59. The predicted molar refractivity (Wildman–Crippen MR) is 79.0 cm³/mol. The van der Waals surface area contributed by atoms with Gasteiger partial charge in [-0.2, -0.15) is 0 Å². The van der Waals surface area contributed by atoms with E-state index in [1.165, 1.54) is 12.2 Å². The number of hydrogen-bond acceptors (Lipinski definition) is 4. The van der Waals surface area contributed by atoms with Gasteiger partial charge in [-0.1, -0.05) is 18.2 Å². The van der Waals surface area contributed by atoms with Gasteiger partial charge in [-0.15, -0.1) is 0 Å². The van der Waals surface area contributed by atoms with Gasteiger partial charge < -0.3 is 0 Å². The first kappa shape index (κ1) is 13.0. The number of hydrogen-bond donors (Lipinski definition) is 0. The minimum absolute atomic E-state index is 0.313. The Morgan fingerprint density at radius 1 is 0.818 bits per heavy atom. The van der Waals surface area contributed by atoms with Gasteiger partial charge in [0.25, 0.3) is 11.8 Å². The summed E-state index contributed by atoms with van der Waals surface area (Å²) in [5.74, 6) is -0.766. The van der Waals surface area contributed by atoms with Crippen molar-refractivity contribution in [2.24, 2.45) is 0 Å². The lowest BCUT2D eigenvalue weighted by Gasteiger charge is -2.20. The quantitative estimate of drug-likeness (QED) is 0.678. The zero-order valence-corrected chi connectivity index (χ0v) is 12.0. The molecule has 0 fully saturated rings. The number of imide groups is 1. The normalized spacial score (nSPS) is 17.7. The summed E-state index contributed by atoms with van der Waals surface area (Å²) in [6.07, 6.45) is 2.44. The molecular formula is C16H9NO4S. The number of carbonyl (C=O) groups is 2. The van der Waals surface area contributed by atoms with Crippen LogP contribution < -0.4 is 4.90 Å². The Balaban J connectivity index is 1.73. The van der Waals surface area contributed by atoms with Gasteiger partial charge in [0.15, 0.2) is 0 Å². The highest BCUT2D eigenvalue weighted by Crippen LogP contribution is 2.40. The predicted octanol–water partition coefficient (Wildman–Crippen LogP) is 1.93. The Morgan fingerprint density at radius 3 is 2.00 bits per heavy atom. The fourth-order valence-corrected chi connectivity index (χ4v) is 3.99. The van der Waals surface area contributed by atoms with Gasteiger partial charge in [0.2, 0.25) is 9.84 Å². The van der Waals surface area contributed by atoms with Crippen molar-refractivity contribution < 1.29 is 18.0 Å². The van der Waals surface area contributed by atoms with Crippen LogP contribution in [0.25, 0.3) is 11.1 Å². The van der Waals surface area contributed by atoms with E-state index in [2.05, 4.69) is 0 Å². The second-order valence-corrected chi connectivity index (χ2v) is 6.97. The number of amides is 2. The number of fused-ring (bicyclic) bond motifs is 2. The maximum atomic E-state index is 11.9. The molecule has 3 heterocycles. The van der Waals surface area contributed by atoms with Crippen LogP contribution in [0.2, 0.25) is 0 Å². The number of carbonyl (C=O) groups excluding carboxylic acids is 2. The molecule has 0 saturated heterocycles. The molecule has 2 amide bonds. The van der Waals surface area contributed by atoms with Crippen LogP contribution >= 0.6 is 0 Å². The fourth-order valence-electron chi connectivity index (χ4n) is 2.64. The molecule has 0 aliphatic carbocycles. The van der Waals surface area contributed by atoms with Crippen molar-refractivity contribution in [1.82, 2.24) is 0 Å². The van der Waals surface area contributed by atoms with Gasteiger partial charge >= 0.3 is 0 Å². The molecule has 0 saturated carbocycles. The first-order valence-electron chi connectivity index (χ1n) is 6.54. The second kappa shape index (κ2) is 4.14. The van der Waals surface area contributed by atoms with E-state index in [9.17, 15) is 18.0 Å². The molecule has 108 valence electrons. The number of nitrogens with zero attached hydrogens (tertiary/aromatic N) is 1. The monoisotopic (exact) mass is 311 g/mol. The fraction of sp³-hybridized carbons (Fsp3) is 0. The lowest BCUT2D eigenvalue weighted by molar-refractivity contribution is -0.119. The Hall–Kier alpha value is -2.73. The minimum atomic E-state index is -3.28. The number of rotatable bonds is 2. The maximum absolute atomic E-state index is 11.9. The molecule has 0 unspecified atom stereocenters. The highest BCUT2D eigenvalue weighted by Gasteiger charge is 2.32. The van der Waals surface area contributed by atoms with Gasteiger partial charge in [0.05, 0.1) is 15.5 Å². The third-order valence-electron chi connectivity index (χ3n) is 3.80. The van der Waals surface area contributed by atoms with Crippen LogP contribution in [-0.2, 0) is 19.4 Å². The summed E-state index contributed by atoms with van der Waals surface area (Å²) < 4.78 is 23.8. The molecule has 3 aliphatic rings. The van der Waals surface area contributed by atoms with Gasteiger partial charge in [0, 0.05) is 17.7 Å². The standard InChI is InChI=1S/C16H9NO4S/c18-15-7-8-16(19)17(15)11-3-1-10(2-4-11)13-6-5-12-9-14(13)22(12,20)21/h1-9H. The number of anilines is 1. The van der Waals surface area contributed by atoms with E-state index in [4.69, 9.17) is 0 Å². The van der Waals surface area contributed by atoms with Crippen molar-refractivity contribution in [2.45, 2.75) is 9.79 Å². The molecule has 0 radical (unpaired) electrons. The van der Waals surface area contributed by atoms with Crippen molar-refractivity contribution in [3.63, 3.8) is 0 Å². The average molecular weight is 311 g/mol. The van der Waals surface area contributed by atoms with Crippen LogP contribution in [0.5, 0.6) is 0 Å². The van der Waals surface area contributed by atoms with Crippen LogP contribution in [-0.4, -0.2) is 20.2 Å². The lowest BCUT2D eigenvalue weighted by Crippen LogP contribution is -2.29. The molecule has 2 aromatic rings. The molecule has 5 rings (SSSR count). The SMILES string of the molecule is O=C1C=CC(=O)N1c1ccc(-c2ccc3cc2S3(=O)=O)cc1. The Labute approximate surface area is 126 Å². The summed E-state index contributed by atoms with van der Waals surface area (Å²) in [5, 5.41) is 0. The molecule has 0 spiro atoms. The second-order valence-electron chi connectivity index (χ2n) is 5.05. The van der Waals surface area contributed by atoms with Gasteiger partial charge in [-0.05, 0) is 29.8 Å². The van der Waals surface area contributed by atoms with Gasteiger partial charge in [0.1, 0.15) is 0 Å². The van der Waals surface area contributed by atoms with Crippen molar-refractivity contribution >= 4 is 27.3 Å². The van der Waals surface area contributed by atoms with E-state index in [1.54, 1.807) is 42.5 Å². The average Bonchev–Trinajstić information content (AvgIpc) is 2.86. The van der Waals surface area contributed by atoms with Crippen molar-refractivity contribution in [1.29, 1.82) is 0 Å². The van der Waals surface area contributed by atoms with E-state index in [1.807, 2.05) is 0 Å². The van der Waals surface area contributed by atoms with Crippen LogP contribution in [0, 0.1) is 0 Å². The maximum Gasteiger partial charge on any atom is 0.258 e. The van der Waals surface area contributed by atoms with Crippen molar-refractivity contribution in [2.75, 3.05) is 4.90 Å². The van der Waals surface area contributed by atoms with Crippen LogP contribution in [0.1, 0.15) is 0 Å². The Morgan fingerprint density at radius 2 is 1.45 bits per heavy atom. The van der Waals surface area contributed by atoms with Gasteiger partial charge in [-0.25, -0.2) is 13.3 Å². The Bertz CT molecular complexity index is 950. The first-order chi connectivity index (χ1) is 10.5. The summed E-state index contributed by atoms with van der Waals surface area (Å²) in [7, 11) is -3.28. The van der Waals surface area contributed by atoms with E-state index in [-0.39, 0.29) is 11.8 Å². The van der Waals surface area contributed by atoms with Crippen molar-refractivity contribution in [3.8, 4) is 11.1 Å². The van der Waals surface area contributed by atoms with E-state index in [0.29, 0.717) is 21.0 Å². The molecule has 3 aliphatic heterocycles. The zero-order valence-electron chi connectivity index (χ0n) is 11.2. The minimum Gasteiger partial charge on any atom is -0.269 e. The largest absolute Gasteiger partial charge is 0.269 e. The molecular weight excluding hydrogens is 302 g/mol. The van der Waals surface area contributed by atoms with E-state index < -0.39 is 9.84 Å². The molecule has 2 aromatic carbocycles. The summed E-state index contributed by atoms with van der Waals surface area (Å²) in [6.45, 7) is 0. The molecule has 2 bridgehead atoms.